The van der Waals surface area contributed by atoms with Crippen LogP contribution >= 0.6 is 0 Å². The summed E-state index contributed by atoms with van der Waals surface area (Å²) in [5, 5.41) is 21.4. The zero-order valence-corrected chi connectivity index (χ0v) is 12.3. The monoisotopic (exact) mass is 343 g/mol. The van der Waals surface area contributed by atoms with E-state index in [1.807, 2.05) is 0 Å². The fourth-order valence-electron chi connectivity index (χ4n) is 1.62. The molecule has 130 valence electrons. The Morgan fingerprint density at radius 3 is 1.91 bits per heavy atom. The molecule has 0 saturated heterocycles. The number of nitrogens with zero attached hydrogens (tertiary/aromatic N) is 3. The molecular formula is C13H15F6N3O. The Hall–Kier alpha value is -1.97. The molecular weight excluding hydrogens is 328 g/mol. The molecule has 10 heteroatoms. The number of hydrogen-bond donors (Lipinski definition) is 0. The van der Waals surface area contributed by atoms with Crippen LogP contribution in [-0.2, 0) is 4.84 Å². The highest BCUT2D eigenvalue weighted by molar-refractivity contribution is 5.82. The van der Waals surface area contributed by atoms with E-state index in [1.54, 1.807) is 12.1 Å². The highest BCUT2D eigenvalue weighted by Gasteiger charge is 2.37. The van der Waals surface area contributed by atoms with Gasteiger partial charge in [0.1, 0.15) is 12.0 Å². The van der Waals surface area contributed by atoms with Crippen molar-refractivity contribution in [2.24, 2.45) is 10.6 Å². The van der Waals surface area contributed by atoms with E-state index in [0.717, 1.165) is 0 Å². The van der Waals surface area contributed by atoms with Gasteiger partial charge in [-0.05, 0) is 19.8 Å². The SMILES string of the molecule is CC(CC(C#N)(C#N)CCC(F)(F)F)=NOCCCC(F)(F)F. The molecule has 0 fully saturated rings. The average Bonchev–Trinajstić information content (AvgIpc) is 2.41. The first kappa shape index (κ1) is 21.0. The van der Waals surface area contributed by atoms with Crippen LogP contribution in [0.3, 0.4) is 0 Å². The second kappa shape index (κ2) is 8.61. The zero-order chi connectivity index (χ0) is 18.1. The second-order valence-corrected chi connectivity index (χ2v) is 4.98. The molecule has 0 aliphatic heterocycles. The molecule has 0 aliphatic rings. The maximum Gasteiger partial charge on any atom is 0.389 e. The minimum atomic E-state index is -4.50. The summed E-state index contributed by atoms with van der Waals surface area (Å²) < 4.78 is 72.3. The smallest absolute Gasteiger partial charge is 0.389 e. The average molecular weight is 343 g/mol. The third kappa shape index (κ3) is 10.4. The molecule has 0 N–H and O–H groups in total. The molecule has 23 heavy (non-hydrogen) atoms. The Bertz CT molecular complexity index is 470. The summed E-state index contributed by atoms with van der Waals surface area (Å²) in [7, 11) is 0. The van der Waals surface area contributed by atoms with Gasteiger partial charge in [0.2, 0.25) is 0 Å². The van der Waals surface area contributed by atoms with Crippen molar-refractivity contribution in [2.45, 2.75) is 51.4 Å². The third-order valence-corrected chi connectivity index (χ3v) is 2.74. The number of hydrogen-bond acceptors (Lipinski definition) is 4. The summed E-state index contributed by atoms with van der Waals surface area (Å²) >= 11 is 0. The Labute approximate surface area is 129 Å². The number of halogens is 6. The van der Waals surface area contributed by atoms with Gasteiger partial charge < -0.3 is 4.84 Å². The van der Waals surface area contributed by atoms with Crippen LogP contribution in [0.1, 0.15) is 39.0 Å². The van der Waals surface area contributed by atoms with Crippen molar-refractivity contribution in [1.29, 1.82) is 10.5 Å². The second-order valence-electron chi connectivity index (χ2n) is 4.98. The summed E-state index contributed by atoms with van der Waals surface area (Å²) in [5.41, 5.74) is -1.85. The Morgan fingerprint density at radius 1 is 0.957 bits per heavy atom. The molecule has 0 aromatic rings. The van der Waals surface area contributed by atoms with Gasteiger partial charge in [-0.1, -0.05) is 5.16 Å². The molecule has 0 radical (unpaired) electrons. The summed E-state index contributed by atoms with van der Waals surface area (Å²) in [5.74, 6) is 0. The fourth-order valence-corrected chi connectivity index (χ4v) is 1.62. The minimum absolute atomic E-state index is 0.0577. The van der Waals surface area contributed by atoms with E-state index in [1.165, 1.54) is 6.92 Å². The zero-order valence-electron chi connectivity index (χ0n) is 12.3. The lowest BCUT2D eigenvalue weighted by molar-refractivity contribution is -0.139. The molecule has 0 saturated carbocycles. The van der Waals surface area contributed by atoms with Crippen LogP contribution in [0.25, 0.3) is 0 Å². The first-order chi connectivity index (χ1) is 10.4. The topological polar surface area (TPSA) is 69.2 Å². The van der Waals surface area contributed by atoms with E-state index in [-0.39, 0.29) is 25.2 Å². The van der Waals surface area contributed by atoms with E-state index in [0.29, 0.717) is 0 Å². The molecule has 0 spiro atoms. The fraction of sp³-hybridized carbons (Fsp3) is 0.769. The van der Waals surface area contributed by atoms with Crippen LogP contribution in [0.2, 0.25) is 0 Å². The third-order valence-electron chi connectivity index (χ3n) is 2.74. The molecule has 0 aromatic heterocycles. The molecule has 0 rings (SSSR count). The molecule has 0 aliphatic carbocycles. The highest BCUT2D eigenvalue weighted by Crippen LogP contribution is 2.33. The largest absolute Gasteiger partial charge is 0.396 e. The summed E-state index contributed by atoms with van der Waals surface area (Å²) in [4.78, 5) is 4.62. The summed E-state index contributed by atoms with van der Waals surface area (Å²) in [6.45, 7) is 0.992. The first-order valence-electron chi connectivity index (χ1n) is 6.54. The van der Waals surface area contributed by atoms with Crippen molar-refractivity contribution < 1.29 is 31.2 Å². The van der Waals surface area contributed by atoms with E-state index in [2.05, 4.69) is 9.99 Å². The predicted octanol–water partition coefficient (Wildman–Crippen LogP) is 4.49. The minimum Gasteiger partial charge on any atom is -0.396 e. The van der Waals surface area contributed by atoms with Crippen molar-refractivity contribution >= 4 is 5.71 Å². The van der Waals surface area contributed by atoms with Gasteiger partial charge in [-0.15, -0.1) is 0 Å². The Kier molecular flexibility index (Phi) is 7.87. The Morgan fingerprint density at radius 2 is 1.48 bits per heavy atom. The van der Waals surface area contributed by atoms with Crippen LogP contribution in [0.4, 0.5) is 26.3 Å². The van der Waals surface area contributed by atoms with Crippen LogP contribution in [-0.4, -0.2) is 24.7 Å². The molecule has 0 amide bonds. The lowest BCUT2D eigenvalue weighted by Crippen LogP contribution is -2.23. The summed E-state index contributed by atoms with van der Waals surface area (Å²) in [6.07, 6.45) is -12.6. The van der Waals surface area contributed by atoms with Gasteiger partial charge in [-0.2, -0.15) is 36.9 Å². The van der Waals surface area contributed by atoms with Gasteiger partial charge in [0, 0.05) is 19.3 Å². The van der Waals surface area contributed by atoms with Gasteiger partial charge in [0.15, 0.2) is 0 Å². The highest BCUT2D eigenvalue weighted by atomic mass is 19.4. The van der Waals surface area contributed by atoms with E-state index >= 15 is 0 Å². The number of alkyl halides is 6. The number of oxime groups is 1. The van der Waals surface area contributed by atoms with Crippen LogP contribution in [0.5, 0.6) is 0 Å². The van der Waals surface area contributed by atoms with Crippen molar-refractivity contribution in [3.05, 3.63) is 0 Å². The lowest BCUT2D eigenvalue weighted by atomic mass is 9.81. The van der Waals surface area contributed by atoms with Crippen LogP contribution < -0.4 is 0 Å². The van der Waals surface area contributed by atoms with Gasteiger partial charge in [0.25, 0.3) is 0 Å². The van der Waals surface area contributed by atoms with Crippen molar-refractivity contribution in [1.82, 2.24) is 0 Å². The predicted molar refractivity (Wildman–Crippen MR) is 67.9 cm³/mol. The maximum absolute atomic E-state index is 12.2. The van der Waals surface area contributed by atoms with Gasteiger partial charge in [-0.25, -0.2) is 0 Å². The standard InChI is InChI=1S/C13H15F6N3O/c1-10(22-23-6-2-3-12(14,15)16)7-11(8-20,9-21)4-5-13(17,18)19/h2-7H2,1H3. The Balaban J connectivity index is 4.51. The quantitative estimate of drug-likeness (QED) is 0.282. The number of nitriles is 2. The van der Waals surface area contributed by atoms with E-state index in [4.69, 9.17) is 10.5 Å². The lowest BCUT2D eigenvalue weighted by Gasteiger charge is -2.18. The van der Waals surface area contributed by atoms with Crippen molar-refractivity contribution in [3.8, 4) is 12.1 Å². The van der Waals surface area contributed by atoms with Crippen molar-refractivity contribution in [2.75, 3.05) is 6.61 Å². The summed E-state index contributed by atoms with van der Waals surface area (Å²) in [6, 6.07) is 3.09. The number of rotatable bonds is 8. The van der Waals surface area contributed by atoms with Crippen LogP contribution in [0, 0.1) is 28.1 Å². The molecule has 0 heterocycles. The first-order valence-corrected chi connectivity index (χ1v) is 6.54. The molecule has 0 bridgehead atoms. The normalized spacial score (nSPS) is 13.3. The van der Waals surface area contributed by atoms with E-state index in [9.17, 15) is 26.3 Å². The van der Waals surface area contributed by atoms with Gasteiger partial charge in [0.05, 0.1) is 17.9 Å². The molecule has 0 aromatic carbocycles. The van der Waals surface area contributed by atoms with Crippen molar-refractivity contribution in [3.63, 3.8) is 0 Å². The molecule has 4 nitrogen and oxygen atoms in total. The van der Waals surface area contributed by atoms with E-state index < -0.39 is 37.0 Å². The van der Waals surface area contributed by atoms with Crippen LogP contribution in [0.15, 0.2) is 5.16 Å². The molecule has 0 unspecified atom stereocenters. The molecule has 0 atom stereocenters. The maximum atomic E-state index is 12.2. The van der Waals surface area contributed by atoms with Gasteiger partial charge >= 0.3 is 12.4 Å². The van der Waals surface area contributed by atoms with Gasteiger partial charge in [-0.3, -0.25) is 0 Å².